The summed E-state index contributed by atoms with van der Waals surface area (Å²) in [6.07, 6.45) is 23.3. The molecule has 1 N–H and O–H groups in total. The minimum absolute atomic E-state index is 0. The number of carboxylic acid groups (broad SMARTS) is 1. The second-order valence-corrected chi connectivity index (χ2v) is 6.81. The second kappa shape index (κ2) is 24.2. The van der Waals surface area contributed by atoms with Gasteiger partial charge in [0.05, 0.1) is 0 Å². The largest absolute Gasteiger partial charge is 1.00 e. The second-order valence-electron chi connectivity index (χ2n) is 6.81. The van der Waals surface area contributed by atoms with Gasteiger partial charge in [-0.15, -0.1) is 0 Å². The molecule has 0 aromatic carbocycles. The fraction of sp³-hybridized carbons (Fsp3) is 0.857. The molecule has 0 fully saturated rings. The van der Waals surface area contributed by atoms with Crippen LogP contribution in [0, 0.1) is 0 Å². The topological polar surface area (TPSA) is 52.2 Å². The van der Waals surface area contributed by atoms with Crippen LogP contribution in [0.5, 0.6) is 0 Å². The predicted octanol–water partition coefficient (Wildman–Crippen LogP) is 1.76. The molecule has 0 saturated carbocycles. The Morgan fingerprint density at radius 2 is 1.24 bits per heavy atom. The minimum atomic E-state index is -0.969. The summed E-state index contributed by atoms with van der Waals surface area (Å²) >= 11 is 0. The van der Waals surface area contributed by atoms with Gasteiger partial charge in [-0.3, -0.25) is 0 Å². The molecule has 0 bridgehead atoms. The summed E-state index contributed by atoms with van der Waals surface area (Å²) in [6, 6.07) is 0. The molecule has 0 amide bonds. The maximum Gasteiger partial charge on any atom is 1.00 e. The summed E-state index contributed by atoms with van der Waals surface area (Å²) < 4.78 is 0. The third kappa shape index (κ3) is 26.5. The Morgan fingerprint density at radius 3 is 1.76 bits per heavy atom. The molecule has 25 heavy (non-hydrogen) atoms. The Balaban J connectivity index is 0. The van der Waals surface area contributed by atoms with Crippen molar-refractivity contribution in [2.24, 2.45) is 0 Å². The van der Waals surface area contributed by atoms with Crippen LogP contribution < -0.4 is 40.0 Å². The van der Waals surface area contributed by atoms with Crippen molar-refractivity contribution in [1.82, 2.24) is 5.32 Å². The van der Waals surface area contributed by atoms with Crippen LogP contribution in [0.4, 0.5) is 0 Å². The Kier molecular flexibility index (Phi) is 26.5. The van der Waals surface area contributed by atoms with Gasteiger partial charge in [0, 0.05) is 12.5 Å². The van der Waals surface area contributed by atoms with E-state index in [1.165, 1.54) is 83.5 Å². The summed E-state index contributed by atoms with van der Waals surface area (Å²) in [5, 5.41) is 13.4. The van der Waals surface area contributed by atoms with Gasteiger partial charge in [0.15, 0.2) is 0 Å². The Labute approximate surface area is 178 Å². The minimum Gasteiger partial charge on any atom is -0.550 e. The normalized spacial score (nSPS) is 10.9. The Bertz CT molecular complexity index is 296. The van der Waals surface area contributed by atoms with E-state index in [4.69, 9.17) is 0 Å². The molecule has 0 rings (SSSR count). The van der Waals surface area contributed by atoms with Gasteiger partial charge in [-0.1, -0.05) is 76.9 Å². The van der Waals surface area contributed by atoms with Gasteiger partial charge >= 0.3 is 29.6 Å². The molecule has 0 spiro atoms. The standard InChI is InChI=1S/C21H41NO2.Na/c1-2-3-4-5-6-7-8-9-10-11-12-13-14-15-16-17-19-22-20-18-21(23)24;/h9-10,22H,2-8,11-20H2,1H3,(H,23,24);/q;+1/p-1/b10-9-;. The maximum absolute atomic E-state index is 10.2. The summed E-state index contributed by atoms with van der Waals surface area (Å²) in [7, 11) is 0. The van der Waals surface area contributed by atoms with E-state index in [1.807, 2.05) is 0 Å². The molecule has 142 valence electrons. The van der Waals surface area contributed by atoms with E-state index in [-0.39, 0.29) is 36.0 Å². The van der Waals surface area contributed by atoms with Crippen LogP contribution in [0.25, 0.3) is 0 Å². The summed E-state index contributed by atoms with van der Waals surface area (Å²) in [6.45, 7) is 3.73. The fourth-order valence-electron chi connectivity index (χ4n) is 2.81. The van der Waals surface area contributed by atoms with Crippen LogP contribution >= 0.6 is 0 Å². The van der Waals surface area contributed by atoms with E-state index in [9.17, 15) is 9.90 Å². The molecular formula is C21H40NNaO2. The fourth-order valence-corrected chi connectivity index (χ4v) is 2.81. The van der Waals surface area contributed by atoms with Crippen LogP contribution in [-0.2, 0) is 4.79 Å². The van der Waals surface area contributed by atoms with Crippen molar-refractivity contribution in [3.8, 4) is 0 Å². The SMILES string of the molecule is CCCCCCCC/C=C\CCCCCCCCNCCC(=O)[O-].[Na+]. The average molecular weight is 362 g/mol. The molecule has 0 saturated heterocycles. The number of carbonyl (C=O) groups excluding carboxylic acids is 1. The van der Waals surface area contributed by atoms with E-state index in [0.717, 1.165) is 13.0 Å². The first-order valence-electron chi connectivity index (χ1n) is 10.3. The first-order chi connectivity index (χ1) is 11.8. The number of hydrogen-bond donors (Lipinski definition) is 1. The van der Waals surface area contributed by atoms with Crippen molar-refractivity contribution >= 4 is 5.97 Å². The van der Waals surface area contributed by atoms with Crippen LogP contribution in [0.15, 0.2) is 12.2 Å². The van der Waals surface area contributed by atoms with Gasteiger partial charge in [-0.2, -0.15) is 0 Å². The summed E-state index contributed by atoms with van der Waals surface area (Å²) in [4.78, 5) is 10.2. The number of rotatable bonds is 19. The Hall–Kier alpha value is 0.170. The van der Waals surface area contributed by atoms with Gasteiger partial charge in [-0.05, 0) is 45.1 Å². The molecule has 0 heterocycles. The molecule has 3 nitrogen and oxygen atoms in total. The van der Waals surface area contributed by atoms with Crippen molar-refractivity contribution in [2.75, 3.05) is 13.1 Å². The van der Waals surface area contributed by atoms with E-state index in [1.54, 1.807) is 0 Å². The molecule has 4 heteroatoms. The number of allylic oxidation sites excluding steroid dienone is 2. The van der Waals surface area contributed by atoms with Crippen molar-refractivity contribution in [3.05, 3.63) is 12.2 Å². The van der Waals surface area contributed by atoms with Crippen LogP contribution in [0.3, 0.4) is 0 Å². The zero-order valence-electron chi connectivity index (χ0n) is 17.0. The van der Waals surface area contributed by atoms with Gasteiger partial charge < -0.3 is 15.2 Å². The number of unbranched alkanes of at least 4 members (excludes halogenated alkanes) is 12. The number of aliphatic carboxylic acids is 1. The van der Waals surface area contributed by atoms with Crippen molar-refractivity contribution in [2.45, 2.75) is 103 Å². The van der Waals surface area contributed by atoms with E-state index < -0.39 is 5.97 Å². The Morgan fingerprint density at radius 1 is 0.760 bits per heavy atom. The summed E-state index contributed by atoms with van der Waals surface area (Å²) in [5.41, 5.74) is 0. The van der Waals surface area contributed by atoms with Crippen LogP contribution in [0.1, 0.15) is 103 Å². The molecule has 0 aromatic heterocycles. The summed E-state index contributed by atoms with van der Waals surface area (Å²) in [5.74, 6) is -0.969. The number of carboxylic acids is 1. The van der Waals surface area contributed by atoms with Crippen LogP contribution in [0.2, 0.25) is 0 Å². The first kappa shape index (κ1) is 27.4. The van der Waals surface area contributed by atoms with Crippen molar-refractivity contribution in [3.63, 3.8) is 0 Å². The molecule has 0 aliphatic heterocycles. The van der Waals surface area contributed by atoms with Gasteiger partial charge in [-0.25, -0.2) is 0 Å². The third-order valence-electron chi connectivity index (χ3n) is 4.37. The van der Waals surface area contributed by atoms with Gasteiger partial charge in [0.2, 0.25) is 0 Å². The van der Waals surface area contributed by atoms with Gasteiger partial charge in [0.1, 0.15) is 0 Å². The van der Waals surface area contributed by atoms with Crippen LogP contribution in [-0.4, -0.2) is 19.1 Å². The molecule has 0 unspecified atom stereocenters. The molecular weight excluding hydrogens is 321 g/mol. The number of hydrogen-bond acceptors (Lipinski definition) is 3. The molecule has 0 aliphatic rings. The van der Waals surface area contributed by atoms with E-state index in [2.05, 4.69) is 24.4 Å². The van der Waals surface area contributed by atoms with Gasteiger partial charge in [0.25, 0.3) is 0 Å². The van der Waals surface area contributed by atoms with E-state index in [0.29, 0.717) is 6.54 Å². The maximum atomic E-state index is 10.2. The predicted molar refractivity (Wildman–Crippen MR) is 102 cm³/mol. The van der Waals surface area contributed by atoms with E-state index >= 15 is 0 Å². The average Bonchev–Trinajstić information content (AvgIpc) is 2.56. The monoisotopic (exact) mass is 361 g/mol. The molecule has 0 atom stereocenters. The van der Waals surface area contributed by atoms with Crippen molar-refractivity contribution in [1.29, 1.82) is 0 Å². The smallest absolute Gasteiger partial charge is 0.550 e. The zero-order chi connectivity index (χ0) is 17.7. The zero-order valence-corrected chi connectivity index (χ0v) is 19.0. The van der Waals surface area contributed by atoms with Crippen molar-refractivity contribution < 1.29 is 39.5 Å². The number of carbonyl (C=O) groups is 1. The first-order valence-corrected chi connectivity index (χ1v) is 10.3. The third-order valence-corrected chi connectivity index (χ3v) is 4.37. The number of nitrogens with one attached hydrogen (secondary N) is 1. The molecule has 0 aliphatic carbocycles. The molecule has 0 radical (unpaired) electrons. The molecule has 0 aromatic rings. The quantitative estimate of drug-likeness (QED) is 0.217.